The highest BCUT2D eigenvalue weighted by Crippen LogP contribution is 2.42. The summed E-state index contributed by atoms with van der Waals surface area (Å²) >= 11 is 0. The molecule has 3 heterocycles. The Kier molecular flexibility index (Phi) is 11.0. The van der Waals surface area contributed by atoms with E-state index in [9.17, 15) is 56.2 Å². The normalized spacial score (nSPS) is 54.6. The molecule has 5 fully saturated rings. The molecule has 16 nitrogen and oxygen atoms in total. The first kappa shape index (κ1) is 33.7. The van der Waals surface area contributed by atoms with Crippen LogP contribution in [0.5, 0.6) is 0 Å². The summed E-state index contributed by atoms with van der Waals surface area (Å²) in [7, 11) is 0. The van der Waals surface area contributed by atoms with Gasteiger partial charge in [-0.2, -0.15) is 0 Å². The van der Waals surface area contributed by atoms with Crippen molar-refractivity contribution >= 4 is 0 Å². The van der Waals surface area contributed by atoms with Gasteiger partial charge in [-0.3, -0.25) is 0 Å². The molecule has 5 aliphatic rings. The van der Waals surface area contributed by atoms with Gasteiger partial charge in [0, 0.05) is 18.8 Å². The minimum absolute atomic E-state index is 0.168. The summed E-state index contributed by atoms with van der Waals surface area (Å²) in [5.74, 6) is -0.460. The van der Waals surface area contributed by atoms with Gasteiger partial charge < -0.3 is 79.9 Å². The van der Waals surface area contributed by atoms with E-state index in [0.29, 0.717) is 25.7 Å². The predicted octanol–water partition coefficient (Wildman–Crippen LogP) is -5.68. The fourth-order valence-electron chi connectivity index (χ4n) is 7.28. The molecule has 12 N–H and O–H groups in total. The van der Waals surface area contributed by atoms with Crippen molar-refractivity contribution in [3.63, 3.8) is 0 Å². The minimum atomic E-state index is -1.73. The summed E-state index contributed by atoms with van der Waals surface area (Å²) in [6.07, 6.45) is -18.0. The van der Waals surface area contributed by atoms with E-state index in [4.69, 9.17) is 23.7 Å². The van der Waals surface area contributed by atoms with Crippen molar-refractivity contribution in [2.75, 3.05) is 13.2 Å². The first-order valence-electron chi connectivity index (χ1n) is 15.1. The van der Waals surface area contributed by atoms with Crippen LogP contribution in [0.3, 0.4) is 0 Å². The van der Waals surface area contributed by atoms with Crippen molar-refractivity contribution in [1.82, 2.24) is 0 Å². The van der Waals surface area contributed by atoms with Gasteiger partial charge in [0.1, 0.15) is 54.9 Å². The van der Waals surface area contributed by atoms with E-state index in [0.717, 1.165) is 0 Å². The average Bonchev–Trinajstić information content (AvgIpc) is 2.98. The van der Waals surface area contributed by atoms with Crippen LogP contribution >= 0.6 is 0 Å². The molecule has 43 heavy (non-hydrogen) atoms. The maximum Gasteiger partial charge on any atom is 0.184 e. The van der Waals surface area contributed by atoms with Crippen LogP contribution in [-0.4, -0.2) is 178 Å². The van der Waals surface area contributed by atoms with Gasteiger partial charge >= 0.3 is 0 Å². The summed E-state index contributed by atoms with van der Waals surface area (Å²) in [5, 5.41) is 111. The zero-order chi connectivity index (χ0) is 31.2. The molecule has 0 bridgehead atoms. The number of ether oxygens (including phenoxy) is 5. The van der Waals surface area contributed by atoms with Crippen LogP contribution in [0.25, 0.3) is 0 Å². The zero-order valence-corrected chi connectivity index (χ0v) is 23.6. The molecule has 2 saturated carbocycles. The lowest BCUT2D eigenvalue weighted by atomic mass is 9.72. The molecule has 19 atom stereocenters. The maximum absolute atomic E-state index is 10.7. The number of rotatable bonds is 7. The Bertz CT molecular complexity index is 899. The fourth-order valence-corrected chi connectivity index (χ4v) is 7.28. The third-order valence-corrected chi connectivity index (χ3v) is 9.87. The van der Waals surface area contributed by atoms with Crippen LogP contribution in [-0.2, 0) is 18.9 Å². The molecule has 2 aliphatic carbocycles. The second-order valence-corrected chi connectivity index (χ2v) is 12.8. The molecule has 16 heteroatoms. The van der Waals surface area contributed by atoms with Gasteiger partial charge in [-0.05, 0) is 25.7 Å². The van der Waals surface area contributed by atoms with Gasteiger partial charge in [0.2, 0.25) is 0 Å². The van der Waals surface area contributed by atoms with Crippen LogP contribution in [0.2, 0.25) is 0 Å². The molecule has 0 aromatic rings. The first-order valence-corrected chi connectivity index (χ1v) is 15.1. The summed E-state index contributed by atoms with van der Waals surface area (Å²) in [4.78, 5) is 0. The minimum Gasteiger partial charge on any atom is -0.427 e. The van der Waals surface area contributed by atoms with Crippen molar-refractivity contribution in [2.24, 2.45) is 11.8 Å². The molecule has 3 aliphatic heterocycles. The van der Waals surface area contributed by atoms with Crippen molar-refractivity contribution in [3.05, 3.63) is 0 Å². The number of hydrogen-bond donors (Lipinski definition) is 11. The highest BCUT2D eigenvalue weighted by molar-refractivity contribution is 4.99. The Morgan fingerprint density at radius 1 is 0.558 bits per heavy atom. The van der Waals surface area contributed by atoms with E-state index in [-0.39, 0.29) is 44.0 Å². The van der Waals surface area contributed by atoms with E-state index in [1.54, 1.807) is 0 Å². The molecule has 5 rings (SSSR count). The highest BCUT2D eigenvalue weighted by Gasteiger charge is 2.54. The number of hydrogen-bond acceptors (Lipinski definition) is 15. The first-order chi connectivity index (χ1) is 20.3. The summed E-state index contributed by atoms with van der Waals surface area (Å²) < 4.78 is 27.9. The third kappa shape index (κ3) is 7.20. The van der Waals surface area contributed by atoms with Gasteiger partial charge in [-0.1, -0.05) is 0 Å². The van der Waals surface area contributed by atoms with Crippen LogP contribution in [0.4, 0.5) is 0 Å². The number of fused-ring (bicyclic) bond motifs is 1. The lowest BCUT2D eigenvalue weighted by molar-refractivity contribution is -0.324. The quantitative estimate of drug-likeness (QED) is 0.117. The van der Waals surface area contributed by atoms with Gasteiger partial charge in [0.05, 0.1) is 43.5 Å². The Morgan fingerprint density at radius 3 is 1.67 bits per heavy atom. The molecule has 0 amide bonds. The Balaban J connectivity index is 1.30. The number of aliphatic hydroxyl groups is 13. The van der Waals surface area contributed by atoms with Crippen LogP contribution in [0.15, 0.2) is 0 Å². The van der Waals surface area contributed by atoms with Gasteiger partial charge in [-0.15, -0.1) is 0 Å². The Morgan fingerprint density at radius 2 is 1.12 bits per heavy atom. The molecular weight excluding hydrogens is 580 g/mol. The monoisotopic (exact) mass is 627 g/mol. The Labute approximate surface area is 248 Å². The SMILES string of the molecule is OC1CC(OCC2OC(O)C(O)C(O)C2O)C2CC(OCC3OC(O)C(O)C(O)C3O)C(C3CCC(O)C(O)C3)[OH+]C2C1. The molecule has 250 valence electrons. The van der Waals surface area contributed by atoms with Crippen molar-refractivity contribution < 1.29 is 79.9 Å². The maximum atomic E-state index is 10.7. The Hall–Kier alpha value is -0.640. The molecule has 3 saturated heterocycles. The van der Waals surface area contributed by atoms with Gasteiger partial charge in [-0.25, -0.2) is 0 Å². The van der Waals surface area contributed by atoms with Gasteiger partial charge in [0.15, 0.2) is 24.8 Å². The molecule has 19 unspecified atom stereocenters. The van der Waals surface area contributed by atoms with Crippen molar-refractivity contribution in [1.29, 1.82) is 0 Å². The zero-order valence-electron chi connectivity index (χ0n) is 23.6. The largest absolute Gasteiger partial charge is 0.427 e. The predicted molar refractivity (Wildman–Crippen MR) is 140 cm³/mol. The fraction of sp³-hybridized carbons (Fsp3) is 1.00. The molecule has 0 aromatic heterocycles. The second kappa shape index (κ2) is 14.0. The van der Waals surface area contributed by atoms with E-state index in [2.05, 4.69) is 0 Å². The topological polar surface area (TPSA) is 272 Å². The standard InChI is InChI=1S/C27H46O16/c28-10-4-14(39-7-17-19(31)21(33)23(35)26(37)42-17)11-6-16(40-8-18-20(32)22(34)24(36)27(38)43-18)25(41-15(11)5-10)9-1-2-12(29)13(30)3-9/h9-38H,1-8H2/p+1. The molecule has 0 radical (unpaired) electrons. The van der Waals surface area contributed by atoms with Gasteiger partial charge in [0.25, 0.3) is 0 Å². The van der Waals surface area contributed by atoms with E-state index < -0.39 is 98.0 Å². The van der Waals surface area contributed by atoms with Crippen molar-refractivity contribution in [3.8, 4) is 0 Å². The summed E-state index contributed by atoms with van der Waals surface area (Å²) in [6.45, 7) is -0.521. The second-order valence-electron chi connectivity index (χ2n) is 12.8. The smallest absolute Gasteiger partial charge is 0.184 e. The molecule has 0 aromatic carbocycles. The number of aliphatic hydroxyl groups excluding tert-OH is 11. The van der Waals surface area contributed by atoms with E-state index in [1.807, 2.05) is 0 Å². The van der Waals surface area contributed by atoms with Crippen LogP contribution < -0.4 is 0 Å². The molecular formula is C27H47O16+. The lowest BCUT2D eigenvalue weighted by Gasteiger charge is -2.48. The average molecular weight is 628 g/mol. The van der Waals surface area contributed by atoms with Crippen LogP contribution in [0.1, 0.15) is 38.5 Å². The van der Waals surface area contributed by atoms with E-state index >= 15 is 0 Å². The van der Waals surface area contributed by atoms with Crippen LogP contribution in [0, 0.1) is 11.8 Å². The molecule has 0 spiro atoms. The highest BCUT2D eigenvalue weighted by atomic mass is 16.7. The lowest BCUT2D eigenvalue weighted by Crippen LogP contribution is -2.61. The van der Waals surface area contributed by atoms with Crippen molar-refractivity contribution in [2.45, 2.75) is 143 Å². The summed E-state index contributed by atoms with van der Waals surface area (Å²) in [5.41, 5.74) is 0. The van der Waals surface area contributed by atoms with E-state index in [1.165, 1.54) is 0 Å². The third-order valence-electron chi connectivity index (χ3n) is 9.87. The summed E-state index contributed by atoms with van der Waals surface area (Å²) in [6, 6.07) is 0.